The highest BCUT2D eigenvalue weighted by molar-refractivity contribution is 5.69. The number of pyridine rings is 1. The molecule has 0 amide bonds. The SMILES string of the molecule is CCCCCCCC=Cc1ccc(-c2ccc(-c3ccc(CCCCCCC)cc3)cc2)nc1F. The van der Waals surface area contributed by atoms with E-state index in [4.69, 9.17) is 0 Å². The maximum atomic E-state index is 14.6. The van der Waals surface area contributed by atoms with E-state index in [9.17, 15) is 4.39 Å². The van der Waals surface area contributed by atoms with Gasteiger partial charge in [-0.25, -0.2) is 4.98 Å². The molecule has 0 fully saturated rings. The Morgan fingerprint density at radius 2 is 1.20 bits per heavy atom. The molecule has 0 aliphatic carbocycles. The van der Waals surface area contributed by atoms with Crippen molar-refractivity contribution in [2.75, 3.05) is 0 Å². The molecule has 0 atom stereocenters. The van der Waals surface area contributed by atoms with Crippen LogP contribution >= 0.6 is 0 Å². The standard InChI is InChI=1S/C33H42FN/c1-3-5-7-9-10-12-14-16-31-25-26-32(35-33(31)34)30-23-21-29(22-24-30)28-19-17-27(18-20-28)15-13-11-8-6-4-2/h14,16-26H,3-13,15H2,1-2H3. The van der Waals surface area contributed by atoms with Gasteiger partial charge in [-0.1, -0.05) is 126 Å². The minimum Gasteiger partial charge on any atom is -0.219 e. The summed E-state index contributed by atoms with van der Waals surface area (Å²) in [5.74, 6) is -0.404. The molecule has 2 aromatic carbocycles. The smallest absolute Gasteiger partial charge is 0.219 e. The fourth-order valence-electron chi connectivity index (χ4n) is 4.44. The third-order valence-corrected chi connectivity index (χ3v) is 6.69. The van der Waals surface area contributed by atoms with Gasteiger partial charge in [0.05, 0.1) is 5.69 Å². The number of benzene rings is 2. The Morgan fingerprint density at radius 3 is 1.83 bits per heavy atom. The maximum absolute atomic E-state index is 14.6. The summed E-state index contributed by atoms with van der Waals surface area (Å²) >= 11 is 0. The highest BCUT2D eigenvalue weighted by Crippen LogP contribution is 2.25. The van der Waals surface area contributed by atoms with E-state index in [1.165, 1.54) is 74.5 Å². The van der Waals surface area contributed by atoms with Gasteiger partial charge in [0.2, 0.25) is 5.95 Å². The van der Waals surface area contributed by atoms with E-state index in [1.807, 2.05) is 30.3 Å². The summed E-state index contributed by atoms with van der Waals surface area (Å²) in [6.45, 7) is 4.48. The Morgan fingerprint density at radius 1 is 0.629 bits per heavy atom. The normalized spacial score (nSPS) is 11.4. The van der Waals surface area contributed by atoms with E-state index < -0.39 is 5.95 Å². The molecule has 1 nitrogen and oxygen atoms in total. The number of hydrogen-bond acceptors (Lipinski definition) is 1. The molecule has 2 heteroatoms. The summed E-state index contributed by atoms with van der Waals surface area (Å²) in [4.78, 5) is 4.23. The second kappa shape index (κ2) is 15.3. The molecular weight excluding hydrogens is 429 g/mol. The van der Waals surface area contributed by atoms with Crippen LogP contribution in [0, 0.1) is 5.95 Å². The molecule has 0 aliphatic heterocycles. The van der Waals surface area contributed by atoms with Gasteiger partial charge in [-0.05, 0) is 54.5 Å². The molecule has 0 radical (unpaired) electrons. The Kier molecular flexibility index (Phi) is 11.7. The Bertz CT molecular complexity index is 1020. The Balaban J connectivity index is 1.54. The lowest BCUT2D eigenvalue weighted by molar-refractivity contribution is 0.582. The molecule has 0 saturated carbocycles. The zero-order valence-electron chi connectivity index (χ0n) is 21.7. The molecular formula is C33H42FN. The van der Waals surface area contributed by atoms with Crippen LogP contribution in [-0.4, -0.2) is 4.98 Å². The minimum absolute atomic E-state index is 0.404. The molecule has 1 aromatic heterocycles. The maximum Gasteiger partial charge on any atom is 0.220 e. The highest BCUT2D eigenvalue weighted by Gasteiger charge is 2.06. The van der Waals surface area contributed by atoms with Crippen LogP contribution in [-0.2, 0) is 6.42 Å². The summed E-state index contributed by atoms with van der Waals surface area (Å²) in [5.41, 5.74) is 5.95. The van der Waals surface area contributed by atoms with Crippen LogP contribution in [0.3, 0.4) is 0 Å². The fourth-order valence-corrected chi connectivity index (χ4v) is 4.44. The van der Waals surface area contributed by atoms with Gasteiger partial charge in [0, 0.05) is 11.1 Å². The number of rotatable bonds is 15. The second-order valence-corrected chi connectivity index (χ2v) is 9.62. The van der Waals surface area contributed by atoms with Crippen molar-refractivity contribution in [2.24, 2.45) is 0 Å². The number of nitrogens with zero attached hydrogens (tertiary/aromatic N) is 1. The van der Waals surface area contributed by atoms with Crippen molar-refractivity contribution in [3.8, 4) is 22.4 Å². The number of halogens is 1. The molecule has 0 saturated heterocycles. The van der Waals surface area contributed by atoms with Crippen LogP contribution in [0.4, 0.5) is 4.39 Å². The van der Waals surface area contributed by atoms with E-state index in [-0.39, 0.29) is 0 Å². The zero-order chi connectivity index (χ0) is 24.7. The molecule has 186 valence electrons. The van der Waals surface area contributed by atoms with Crippen molar-refractivity contribution in [3.63, 3.8) is 0 Å². The Labute approximate surface area is 212 Å². The van der Waals surface area contributed by atoms with Gasteiger partial charge in [0.15, 0.2) is 0 Å². The summed E-state index contributed by atoms with van der Waals surface area (Å²) in [5, 5.41) is 0. The van der Waals surface area contributed by atoms with Crippen LogP contribution in [0.1, 0.15) is 95.6 Å². The number of aryl methyl sites for hydroxylation is 1. The molecule has 0 spiro atoms. The van der Waals surface area contributed by atoms with E-state index in [2.05, 4.69) is 61.3 Å². The summed E-state index contributed by atoms with van der Waals surface area (Å²) < 4.78 is 14.6. The minimum atomic E-state index is -0.404. The van der Waals surface area contributed by atoms with Gasteiger partial charge >= 0.3 is 0 Å². The third kappa shape index (κ3) is 9.09. The van der Waals surface area contributed by atoms with Crippen molar-refractivity contribution in [2.45, 2.75) is 90.9 Å². The third-order valence-electron chi connectivity index (χ3n) is 6.69. The quantitative estimate of drug-likeness (QED) is 0.159. The monoisotopic (exact) mass is 471 g/mol. The molecule has 3 aromatic rings. The first-order valence-corrected chi connectivity index (χ1v) is 13.7. The average molecular weight is 472 g/mol. The number of allylic oxidation sites excluding steroid dienone is 1. The van der Waals surface area contributed by atoms with Crippen LogP contribution < -0.4 is 0 Å². The zero-order valence-corrected chi connectivity index (χ0v) is 21.7. The molecule has 0 N–H and O–H groups in total. The van der Waals surface area contributed by atoms with Gasteiger partial charge < -0.3 is 0 Å². The van der Waals surface area contributed by atoms with Gasteiger partial charge in [-0.3, -0.25) is 0 Å². The molecule has 35 heavy (non-hydrogen) atoms. The average Bonchev–Trinajstić information content (AvgIpc) is 2.89. The lowest BCUT2D eigenvalue weighted by Gasteiger charge is -2.07. The van der Waals surface area contributed by atoms with E-state index in [0.29, 0.717) is 11.3 Å². The highest BCUT2D eigenvalue weighted by atomic mass is 19.1. The largest absolute Gasteiger partial charge is 0.220 e. The Hall–Kier alpha value is -2.74. The first-order valence-electron chi connectivity index (χ1n) is 13.7. The van der Waals surface area contributed by atoms with Crippen molar-refractivity contribution in [1.29, 1.82) is 0 Å². The topological polar surface area (TPSA) is 12.9 Å². The van der Waals surface area contributed by atoms with Gasteiger partial charge in [0.1, 0.15) is 0 Å². The predicted molar refractivity (Wildman–Crippen MR) is 150 cm³/mol. The van der Waals surface area contributed by atoms with Crippen molar-refractivity contribution < 1.29 is 4.39 Å². The predicted octanol–water partition coefficient (Wildman–Crippen LogP) is 10.4. The first kappa shape index (κ1) is 26.9. The van der Waals surface area contributed by atoms with Gasteiger partial charge in [0.25, 0.3) is 0 Å². The molecule has 0 aliphatic rings. The van der Waals surface area contributed by atoms with Crippen molar-refractivity contribution >= 4 is 6.08 Å². The van der Waals surface area contributed by atoms with Crippen LogP contribution in [0.5, 0.6) is 0 Å². The second-order valence-electron chi connectivity index (χ2n) is 9.62. The van der Waals surface area contributed by atoms with Crippen molar-refractivity contribution in [3.05, 3.63) is 83.8 Å². The van der Waals surface area contributed by atoms with Crippen LogP contribution in [0.25, 0.3) is 28.5 Å². The molecule has 1 heterocycles. The molecule has 0 unspecified atom stereocenters. The van der Waals surface area contributed by atoms with Crippen LogP contribution in [0.2, 0.25) is 0 Å². The number of aromatic nitrogens is 1. The van der Waals surface area contributed by atoms with Gasteiger partial charge in [-0.15, -0.1) is 0 Å². The van der Waals surface area contributed by atoms with E-state index >= 15 is 0 Å². The molecule has 0 bridgehead atoms. The lowest BCUT2D eigenvalue weighted by Crippen LogP contribution is -1.92. The van der Waals surface area contributed by atoms with E-state index in [0.717, 1.165) is 24.8 Å². The fraction of sp³-hybridized carbons (Fsp3) is 0.424. The van der Waals surface area contributed by atoms with E-state index in [1.54, 1.807) is 0 Å². The summed E-state index contributed by atoms with van der Waals surface area (Å²) in [6.07, 6.45) is 18.9. The number of hydrogen-bond donors (Lipinski definition) is 0. The number of unbranched alkanes of at least 4 members (excludes halogenated alkanes) is 9. The lowest BCUT2D eigenvalue weighted by atomic mass is 9.99. The summed E-state index contributed by atoms with van der Waals surface area (Å²) in [7, 11) is 0. The first-order chi connectivity index (χ1) is 17.2. The van der Waals surface area contributed by atoms with Crippen molar-refractivity contribution in [1.82, 2.24) is 4.98 Å². The van der Waals surface area contributed by atoms with Gasteiger partial charge in [-0.2, -0.15) is 4.39 Å². The van der Waals surface area contributed by atoms with Crippen LogP contribution in [0.15, 0.2) is 66.7 Å². The molecule has 3 rings (SSSR count). The summed E-state index contributed by atoms with van der Waals surface area (Å²) in [6, 6.07) is 20.9.